The lowest BCUT2D eigenvalue weighted by Crippen LogP contribution is -2.31. The number of hydrogen-bond acceptors (Lipinski definition) is 5. The Hall–Kier alpha value is -2.90. The minimum atomic E-state index is -0.545. The smallest absolute Gasteiger partial charge is 0.308 e. The summed E-state index contributed by atoms with van der Waals surface area (Å²) in [5, 5.41) is 12.8. The summed E-state index contributed by atoms with van der Waals surface area (Å²) in [5.74, 6) is -0.753. The van der Waals surface area contributed by atoms with Gasteiger partial charge in [-0.1, -0.05) is 32.0 Å². The fourth-order valence-corrected chi connectivity index (χ4v) is 2.27. The number of nitrogens with zero attached hydrogens (tertiary/aromatic N) is 1. The number of H-pyrrole nitrogens is 1. The average molecular weight is 360 g/mol. The molecule has 8 heteroatoms. The summed E-state index contributed by atoms with van der Waals surface area (Å²) in [7, 11) is 0. The lowest BCUT2D eigenvalue weighted by Gasteiger charge is -2.08. The molecule has 1 aromatic carbocycles. The molecule has 0 saturated heterocycles. The maximum Gasteiger partial charge on any atom is 0.308 e. The zero-order valence-electron chi connectivity index (χ0n) is 15.0. The number of hydrogen-bond donors (Lipinski definition) is 3. The highest BCUT2D eigenvalue weighted by atomic mass is 16.5. The van der Waals surface area contributed by atoms with Gasteiger partial charge in [0.1, 0.15) is 0 Å². The van der Waals surface area contributed by atoms with Crippen LogP contribution in [0.1, 0.15) is 37.2 Å². The van der Waals surface area contributed by atoms with E-state index in [1.807, 2.05) is 18.2 Å². The Morgan fingerprint density at radius 3 is 2.69 bits per heavy atom. The van der Waals surface area contributed by atoms with Crippen molar-refractivity contribution >= 4 is 28.7 Å². The Morgan fingerprint density at radius 1 is 1.15 bits per heavy atom. The van der Waals surface area contributed by atoms with E-state index in [1.165, 1.54) is 0 Å². The number of esters is 1. The SMILES string of the molecule is CC(C)CCNC(=O)COC(=O)CCNC(=O)c1n[nH]c2ccccc12. The highest BCUT2D eigenvalue weighted by Gasteiger charge is 2.14. The van der Waals surface area contributed by atoms with Crippen molar-refractivity contribution in [3.8, 4) is 0 Å². The van der Waals surface area contributed by atoms with Crippen molar-refractivity contribution in [1.29, 1.82) is 0 Å². The Bertz CT molecular complexity index is 769. The lowest BCUT2D eigenvalue weighted by atomic mass is 10.1. The zero-order valence-corrected chi connectivity index (χ0v) is 15.0. The van der Waals surface area contributed by atoms with E-state index in [0.717, 1.165) is 11.9 Å². The Morgan fingerprint density at radius 2 is 1.92 bits per heavy atom. The number of aromatic amines is 1. The molecule has 0 aliphatic carbocycles. The van der Waals surface area contributed by atoms with E-state index >= 15 is 0 Å². The average Bonchev–Trinajstić information content (AvgIpc) is 3.03. The molecule has 0 aliphatic rings. The van der Waals surface area contributed by atoms with Crippen LogP contribution >= 0.6 is 0 Å². The van der Waals surface area contributed by atoms with Gasteiger partial charge in [0.05, 0.1) is 11.9 Å². The normalized spacial score (nSPS) is 10.7. The van der Waals surface area contributed by atoms with Gasteiger partial charge in [0.2, 0.25) is 0 Å². The Balaban J connectivity index is 1.66. The first-order valence-electron chi connectivity index (χ1n) is 8.61. The van der Waals surface area contributed by atoms with Crippen LogP contribution < -0.4 is 10.6 Å². The van der Waals surface area contributed by atoms with E-state index in [0.29, 0.717) is 17.8 Å². The molecular weight excluding hydrogens is 336 g/mol. The minimum absolute atomic E-state index is 0.0205. The second kappa shape index (κ2) is 9.55. The summed E-state index contributed by atoms with van der Waals surface area (Å²) in [5.41, 5.74) is 1.04. The van der Waals surface area contributed by atoms with Crippen molar-refractivity contribution in [3.05, 3.63) is 30.0 Å². The van der Waals surface area contributed by atoms with Crippen LogP contribution in [-0.2, 0) is 14.3 Å². The standard InChI is InChI=1S/C18H24N4O4/c1-12(2)7-9-19-15(23)11-26-16(24)8-10-20-18(25)17-13-5-3-4-6-14(13)21-22-17/h3-6,12H,7-11H2,1-2H3,(H,19,23)(H,20,25)(H,21,22). The summed E-state index contributed by atoms with van der Waals surface area (Å²) in [6.07, 6.45) is 0.848. The largest absolute Gasteiger partial charge is 0.456 e. The molecule has 2 aromatic rings. The first-order valence-corrected chi connectivity index (χ1v) is 8.61. The van der Waals surface area contributed by atoms with Crippen LogP contribution in [-0.4, -0.2) is 47.7 Å². The predicted molar refractivity (Wildman–Crippen MR) is 96.5 cm³/mol. The molecule has 2 amide bonds. The first kappa shape index (κ1) is 19.4. The molecule has 3 N–H and O–H groups in total. The third-order valence-corrected chi connectivity index (χ3v) is 3.71. The number of nitrogens with one attached hydrogen (secondary N) is 3. The molecule has 0 aliphatic heterocycles. The van der Waals surface area contributed by atoms with Gasteiger partial charge >= 0.3 is 5.97 Å². The van der Waals surface area contributed by atoms with Gasteiger partial charge < -0.3 is 15.4 Å². The highest BCUT2D eigenvalue weighted by Crippen LogP contribution is 2.14. The fraction of sp³-hybridized carbons (Fsp3) is 0.444. The van der Waals surface area contributed by atoms with Gasteiger partial charge in [0.25, 0.3) is 11.8 Å². The van der Waals surface area contributed by atoms with Gasteiger partial charge in [-0.2, -0.15) is 5.10 Å². The van der Waals surface area contributed by atoms with Crippen LogP contribution in [0, 0.1) is 5.92 Å². The Kier molecular flexibility index (Phi) is 7.13. The van der Waals surface area contributed by atoms with Crippen LogP contribution in [0.3, 0.4) is 0 Å². The number of carbonyl (C=O) groups excluding carboxylic acids is 3. The lowest BCUT2D eigenvalue weighted by molar-refractivity contribution is -0.148. The molecule has 26 heavy (non-hydrogen) atoms. The molecule has 1 aromatic heterocycles. The topological polar surface area (TPSA) is 113 Å². The molecule has 2 rings (SSSR count). The Labute approximate surface area is 151 Å². The second-order valence-electron chi connectivity index (χ2n) is 6.32. The third kappa shape index (κ3) is 5.87. The first-order chi connectivity index (χ1) is 12.5. The number of rotatable bonds is 9. The second-order valence-corrected chi connectivity index (χ2v) is 6.32. The van der Waals surface area contributed by atoms with Gasteiger partial charge in [-0.05, 0) is 18.4 Å². The fourth-order valence-electron chi connectivity index (χ4n) is 2.27. The van der Waals surface area contributed by atoms with Crippen molar-refractivity contribution in [3.63, 3.8) is 0 Å². The van der Waals surface area contributed by atoms with Crippen molar-refractivity contribution in [1.82, 2.24) is 20.8 Å². The summed E-state index contributed by atoms with van der Waals surface area (Å²) < 4.78 is 4.88. The van der Waals surface area contributed by atoms with Crippen molar-refractivity contribution in [2.45, 2.75) is 26.7 Å². The molecule has 0 bridgehead atoms. The molecular formula is C18H24N4O4. The van der Waals surface area contributed by atoms with Crippen LogP contribution in [0.15, 0.2) is 24.3 Å². The number of amides is 2. The molecule has 0 radical (unpaired) electrons. The van der Waals surface area contributed by atoms with Gasteiger partial charge in [-0.25, -0.2) is 0 Å². The summed E-state index contributed by atoms with van der Waals surface area (Å²) in [6, 6.07) is 7.28. The molecule has 0 atom stereocenters. The van der Waals surface area contributed by atoms with Crippen LogP contribution in [0.25, 0.3) is 10.9 Å². The van der Waals surface area contributed by atoms with Gasteiger partial charge in [0.15, 0.2) is 12.3 Å². The molecule has 0 unspecified atom stereocenters. The van der Waals surface area contributed by atoms with Crippen molar-refractivity contribution in [2.24, 2.45) is 5.92 Å². The van der Waals surface area contributed by atoms with E-state index in [-0.39, 0.29) is 37.1 Å². The zero-order chi connectivity index (χ0) is 18.9. The monoisotopic (exact) mass is 360 g/mol. The third-order valence-electron chi connectivity index (χ3n) is 3.71. The van der Waals surface area contributed by atoms with E-state index in [9.17, 15) is 14.4 Å². The molecule has 8 nitrogen and oxygen atoms in total. The van der Waals surface area contributed by atoms with Gasteiger partial charge in [-0.3, -0.25) is 19.5 Å². The number of ether oxygens (including phenoxy) is 1. The maximum atomic E-state index is 12.1. The van der Waals surface area contributed by atoms with E-state index in [2.05, 4.69) is 34.7 Å². The summed E-state index contributed by atoms with van der Waals surface area (Å²) in [4.78, 5) is 35.3. The van der Waals surface area contributed by atoms with Crippen LogP contribution in [0.2, 0.25) is 0 Å². The number of para-hydroxylation sites is 1. The molecule has 0 spiro atoms. The molecule has 0 saturated carbocycles. The predicted octanol–water partition coefficient (Wildman–Crippen LogP) is 1.39. The number of aromatic nitrogens is 2. The summed E-state index contributed by atoms with van der Waals surface area (Å²) >= 11 is 0. The minimum Gasteiger partial charge on any atom is -0.456 e. The summed E-state index contributed by atoms with van der Waals surface area (Å²) in [6.45, 7) is 4.48. The molecule has 140 valence electrons. The van der Waals surface area contributed by atoms with Gasteiger partial charge in [-0.15, -0.1) is 0 Å². The number of benzene rings is 1. The molecule has 0 fully saturated rings. The van der Waals surface area contributed by atoms with E-state index < -0.39 is 5.97 Å². The highest BCUT2D eigenvalue weighted by molar-refractivity contribution is 6.04. The number of carbonyl (C=O) groups is 3. The molecule has 1 heterocycles. The van der Waals surface area contributed by atoms with Crippen LogP contribution in [0.4, 0.5) is 0 Å². The number of fused-ring (bicyclic) bond motifs is 1. The van der Waals surface area contributed by atoms with Crippen molar-refractivity contribution in [2.75, 3.05) is 19.7 Å². The quantitative estimate of drug-likeness (QED) is 0.585. The van der Waals surface area contributed by atoms with Crippen LogP contribution in [0.5, 0.6) is 0 Å². The van der Waals surface area contributed by atoms with Crippen molar-refractivity contribution < 1.29 is 19.1 Å². The van der Waals surface area contributed by atoms with E-state index in [4.69, 9.17) is 4.74 Å². The van der Waals surface area contributed by atoms with E-state index in [1.54, 1.807) is 6.07 Å². The van der Waals surface area contributed by atoms with Gasteiger partial charge in [0, 0.05) is 18.5 Å². The maximum absolute atomic E-state index is 12.1.